The van der Waals surface area contributed by atoms with E-state index in [1.807, 2.05) is 123 Å². The Morgan fingerprint density at radius 1 is 0.338 bits per heavy atom. The van der Waals surface area contributed by atoms with Gasteiger partial charge in [-0.15, -0.1) is 16.8 Å². The minimum Gasteiger partial charge on any atom is -0.352 e. The maximum Gasteiger partial charge on any atom is 0.501 e. The van der Waals surface area contributed by atoms with Crippen LogP contribution in [0.25, 0.3) is 65.3 Å². The zero-order chi connectivity index (χ0) is 46.9. The largest absolute Gasteiger partial charge is 0.501 e. The number of benzene rings is 10. The number of hydrogen-bond donors (Lipinski definition) is 0. The number of rotatable bonds is 4. The summed E-state index contributed by atoms with van der Waals surface area (Å²) in [5, 5.41) is 7.74. The Morgan fingerprint density at radius 2 is 0.618 bits per heavy atom. The maximum atomic E-state index is 13.5. The fourth-order valence-corrected chi connectivity index (χ4v) is 11.4. The van der Waals surface area contributed by atoms with Gasteiger partial charge in [0.15, 0.2) is 23.0 Å². The fraction of sp³-hybridized carbons (Fsp3) is 0.103. The van der Waals surface area contributed by atoms with Gasteiger partial charge >= 0.3 is 20.8 Å². The highest BCUT2D eigenvalue weighted by Gasteiger charge is 2.34. The minimum absolute atomic E-state index is 0.320. The van der Waals surface area contributed by atoms with Crippen LogP contribution in [0.1, 0.15) is 44.5 Å². The van der Waals surface area contributed by atoms with E-state index in [0.29, 0.717) is 35.8 Å². The maximum absolute atomic E-state index is 13.5. The summed E-state index contributed by atoms with van der Waals surface area (Å²) in [4.78, 5) is 0. The quantitative estimate of drug-likeness (QED) is 0.172. The van der Waals surface area contributed by atoms with Crippen LogP contribution in [-0.4, -0.2) is 16.8 Å². The molecule has 0 aromatic heterocycles. The first-order valence-electron chi connectivity index (χ1n) is 22.3. The first-order valence-corrected chi connectivity index (χ1v) is 25.0. The van der Waals surface area contributed by atoms with Crippen molar-refractivity contribution in [2.45, 2.75) is 40.5 Å². The Bertz CT molecular complexity index is 3670. The molecule has 0 N–H and O–H groups in total. The van der Waals surface area contributed by atoms with Gasteiger partial charge in [0.05, 0.1) is 0 Å². The van der Waals surface area contributed by atoms with Crippen LogP contribution in [0, 0.1) is 27.7 Å². The van der Waals surface area contributed by atoms with E-state index in [1.165, 1.54) is 11.1 Å². The second kappa shape index (κ2) is 16.6. The van der Waals surface area contributed by atoms with Gasteiger partial charge in [0.2, 0.25) is 0 Å². The summed E-state index contributed by atoms with van der Waals surface area (Å²) in [6, 6.07) is 56.4. The summed E-state index contributed by atoms with van der Waals surface area (Å²) >= 11 is 0. The molecule has 10 heteroatoms. The van der Waals surface area contributed by atoms with Crippen LogP contribution in [0.2, 0.25) is 0 Å². The number of aryl methyl sites for hydroxylation is 4. The van der Waals surface area contributed by atoms with Crippen LogP contribution in [0.5, 0.6) is 23.0 Å². The average molecular weight is 933 g/mol. The first-order chi connectivity index (χ1) is 32.8. The molecule has 10 aromatic carbocycles. The van der Waals surface area contributed by atoms with Crippen molar-refractivity contribution in [1.82, 2.24) is 0 Å². The fourth-order valence-electron chi connectivity index (χ4n) is 9.67. The van der Waals surface area contributed by atoms with Crippen molar-refractivity contribution in [1.29, 1.82) is 0 Å². The SMILES string of the molecule is Cc1cc2ccccc2c2c1OS(=O)(=O)Oc1c(C)cc3ccccc3c1-2.Cc1ccc(Cc2cc3ccccc3c3c2OS(=O)(=O)Oc2c(Cc4ccc(C)cc4)cc4ccccc4c2-3)cc1. The van der Waals surface area contributed by atoms with E-state index in [9.17, 15) is 16.8 Å². The summed E-state index contributed by atoms with van der Waals surface area (Å²) in [7, 11) is -8.65. The van der Waals surface area contributed by atoms with Crippen molar-refractivity contribution in [3.63, 3.8) is 0 Å². The Balaban J connectivity index is 0.000000162. The summed E-state index contributed by atoms with van der Waals surface area (Å²) in [5.41, 5.74) is 10.5. The Labute approximate surface area is 395 Å². The van der Waals surface area contributed by atoms with Crippen LogP contribution >= 0.6 is 0 Å². The zero-order valence-electron chi connectivity index (χ0n) is 37.7. The lowest BCUT2D eigenvalue weighted by atomic mass is 9.87. The molecule has 0 saturated heterocycles. The molecule has 0 unspecified atom stereocenters. The molecule has 2 heterocycles. The lowest BCUT2D eigenvalue weighted by molar-refractivity contribution is 0.393. The molecule has 0 spiro atoms. The second-order valence-corrected chi connectivity index (χ2v) is 19.9. The molecule has 10 aromatic rings. The molecule has 12 rings (SSSR count). The molecule has 68 heavy (non-hydrogen) atoms. The molecule has 0 saturated carbocycles. The molecular formula is C58H44O8S2. The van der Waals surface area contributed by atoms with Gasteiger partial charge < -0.3 is 16.7 Å². The highest BCUT2D eigenvalue weighted by molar-refractivity contribution is 7.82. The Hall–Kier alpha value is -7.66. The highest BCUT2D eigenvalue weighted by atomic mass is 32.3. The molecule has 0 fully saturated rings. The van der Waals surface area contributed by atoms with E-state index in [-0.39, 0.29) is 0 Å². The number of hydrogen-bond acceptors (Lipinski definition) is 8. The van der Waals surface area contributed by atoms with E-state index in [4.69, 9.17) is 16.7 Å². The van der Waals surface area contributed by atoms with Gasteiger partial charge in [-0.25, -0.2) is 0 Å². The molecule has 0 atom stereocenters. The highest BCUT2D eigenvalue weighted by Crippen LogP contribution is 2.53. The molecule has 8 nitrogen and oxygen atoms in total. The van der Waals surface area contributed by atoms with Gasteiger partial charge in [0.25, 0.3) is 0 Å². The first kappa shape index (κ1) is 42.9. The van der Waals surface area contributed by atoms with Crippen LogP contribution < -0.4 is 16.7 Å². The van der Waals surface area contributed by atoms with Crippen LogP contribution in [0.4, 0.5) is 0 Å². The van der Waals surface area contributed by atoms with Crippen molar-refractivity contribution < 1.29 is 33.6 Å². The predicted octanol–water partition coefficient (Wildman–Crippen LogP) is 13.8. The Kier molecular flexibility index (Phi) is 10.5. The normalized spacial score (nSPS) is 14.1. The molecule has 0 radical (unpaired) electrons. The van der Waals surface area contributed by atoms with E-state index in [2.05, 4.69) is 74.5 Å². The molecule has 2 aliphatic heterocycles. The molecular weight excluding hydrogens is 889 g/mol. The standard InChI is InChI=1S/C36H28O4S.C22H16O4S/c1-23-11-15-25(16-12-23)19-29-21-27-7-3-5-9-31(27)33-34-32-10-6-4-8-28(32)22-30(20-26-17-13-24(2)14-18-26)36(34)40-41(37,38)39-35(29)33;1-13-11-15-7-3-5-9-17(15)19-20-18-10-6-4-8-16(18)12-14(2)22(20)26-27(23,24)25-21(13)19/h3-18,21-22H,19-20H2,1-2H3;3-12H,1-2H3. The average Bonchev–Trinajstić information content (AvgIpc) is 3.54. The van der Waals surface area contributed by atoms with Crippen molar-refractivity contribution in [3.05, 3.63) is 214 Å². The lowest BCUT2D eigenvalue weighted by Crippen LogP contribution is -2.17. The summed E-state index contributed by atoms with van der Waals surface area (Å²) in [6.07, 6.45) is 1.03. The topological polar surface area (TPSA) is 105 Å². The summed E-state index contributed by atoms with van der Waals surface area (Å²) in [6.45, 7) is 7.80. The van der Waals surface area contributed by atoms with Gasteiger partial charge in [-0.3, -0.25) is 0 Å². The van der Waals surface area contributed by atoms with Crippen molar-refractivity contribution >= 4 is 63.9 Å². The summed E-state index contributed by atoms with van der Waals surface area (Å²) in [5.74, 6) is 1.28. The lowest BCUT2D eigenvalue weighted by Gasteiger charge is -2.18. The van der Waals surface area contributed by atoms with Gasteiger partial charge in [0.1, 0.15) is 0 Å². The number of fused-ring (bicyclic) bond motifs is 14. The second-order valence-electron chi connectivity index (χ2n) is 17.6. The van der Waals surface area contributed by atoms with E-state index in [1.54, 1.807) is 0 Å². The van der Waals surface area contributed by atoms with Crippen LogP contribution in [0.15, 0.2) is 170 Å². The molecule has 0 aliphatic carbocycles. The van der Waals surface area contributed by atoms with Gasteiger partial charge in [-0.2, -0.15) is 0 Å². The van der Waals surface area contributed by atoms with Crippen molar-refractivity contribution in [2.75, 3.05) is 0 Å². The van der Waals surface area contributed by atoms with Crippen LogP contribution in [0.3, 0.4) is 0 Å². The third kappa shape index (κ3) is 7.85. The molecule has 336 valence electrons. The monoisotopic (exact) mass is 932 g/mol. The molecule has 0 bridgehead atoms. The van der Waals surface area contributed by atoms with Gasteiger partial charge in [-0.05, 0) is 117 Å². The van der Waals surface area contributed by atoms with Crippen molar-refractivity contribution in [2.24, 2.45) is 0 Å². The van der Waals surface area contributed by atoms with Gasteiger partial charge in [0, 0.05) is 46.2 Å². The summed E-state index contributed by atoms with van der Waals surface area (Å²) < 4.78 is 74.7. The van der Waals surface area contributed by atoms with E-state index in [0.717, 1.165) is 98.7 Å². The zero-order valence-corrected chi connectivity index (χ0v) is 39.3. The van der Waals surface area contributed by atoms with E-state index < -0.39 is 20.8 Å². The third-order valence-electron chi connectivity index (χ3n) is 12.8. The third-order valence-corrected chi connectivity index (χ3v) is 14.3. The van der Waals surface area contributed by atoms with Crippen LogP contribution in [-0.2, 0) is 33.6 Å². The van der Waals surface area contributed by atoms with Gasteiger partial charge in [-0.1, -0.05) is 157 Å². The predicted molar refractivity (Wildman–Crippen MR) is 272 cm³/mol. The molecule has 0 amide bonds. The smallest absolute Gasteiger partial charge is 0.352 e. The van der Waals surface area contributed by atoms with E-state index >= 15 is 0 Å². The Morgan fingerprint density at radius 3 is 0.956 bits per heavy atom. The molecule has 2 aliphatic rings. The van der Waals surface area contributed by atoms with Crippen molar-refractivity contribution in [3.8, 4) is 45.3 Å². The minimum atomic E-state index is -4.43.